The first kappa shape index (κ1) is 12.4. The number of hydrogen-bond acceptors (Lipinski definition) is 3. The average molecular weight is 256 g/mol. The Balaban J connectivity index is 2.02. The van der Waals surface area contributed by atoms with Crippen molar-refractivity contribution in [3.05, 3.63) is 21.7 Å². The van der Waals surface area contributed by atoms with Gasteiger partial charge in [-0.3, -0.25) is 4.79 Å². The van der Waals surface area contributed by atoms with Gasteiger partial charge in [-0.15, -0.1) is 0 Å². The summed E-state index contributed by atoms with van der Waals surface area (Å²) in [7, 11) is 0. The van der Waals surface area contributed by atoms with Gasteiger partial charge in [0.2, 0.25) is 0 Å². The molecule has 0 atom stereocenters. The molecule has 1 aliphatic carbocycles. The largest absolute Gasteiger partial charge is 0.368 e. The van der Waals surface area contributed by atoms with Crippen LogP contribution < -0.4 is 10.9 Å². The predicted molar refractivity (Wildman–Crippen MR) is 69.5 cm³/mol. The third kappa shape index (κ3) is 3.00. The van der Waals surface area contributed by atoms with E-state index in [-0.39, 0.29) is 10.6 Å². The number of nitrogens with zero attached hydrogens (tertiary/aromatic N) is 1. The summed E-state index contributed by atoms with van der Waals surface area (Å²) < 4.78 is 0. The molecule has 2 rings (SSSR count). The summed E-state index contributed by atoms with van der Waals surface area (Å²) in [5.74, 6) is 0.488. The van der Waals surface area contributed by atoms with Gasteiger partial charge in [-0.05, 0) is 18.3 Å². The first-order valence-electron chi connectivity index (χ1n) is 6.08. The van der Waals surface area contributed by atoms with E-state index in [1.54, 1.807) is 0 Å². The topological polar surface area (TPSA) is 57.8 Å². The summed E-state index contributed by atoms with van der Waals surface area (Å²) in [5.41, 5.74) is 0.00393. The van der Waals surface area contributed by atoms with Crippen molar-refractivity contribution < 1.29 is 0 Å². The molecular weight excluding hydrogens is 238 g/mol. The fourth-order valence-electron chi connectivity index (χ4n) is 2.39. The van der Waals surface area contributed by atoms with E-state index in [4.69, 9.17) is 11.6 Å². The molecule has 0 spiro atoms. The van der Waals surface area contributed by atoms with Crippen LogP contribution in [0, 0.1) is 5.41 Å². The van der Waals surface area contributed by atoms with Crippen LogP contribution in [0.15, 0.2) is 11.1 Å². The summed E-state index contributed by atoms with van der Waals surface area (Å²) in [5, 5.41) is 3.35. The fourth-order valence-corrected chi connectivity index (χ4v) is 2.56. The average Bonchev–Trinajstić information content (AvgIpc) is 2.32. The van der Waals surface area contributed by atoms with Gasteiger partial charge in [0.05, 0.1) is 6.33 Å². The van der Waals surface area contributed by atoms with Crippen LogP contribution in [0.3, 0.4) is 0 Å². The summed E-state index contributed by atoms with van der Waals surface area (Å²) in [6, 6.07) is 0. The second-order valence-corrected chi connectivity index (χ2v) is 5.50. The minimum Gasteiger partial charge on any atom is -0.368 e. The highest BCUT2D eigenvalue weighted by atomic mass is 35.5. The van der Waals surface area contributed by atoms with Crippen molar-refractivity contribution in [1.82, 2.24) is 9.97 Å². The van der Waals surface area contributed by atoms with Gasteiger partial charge in [0.25, 0.3) is 5.56 Å². The minimum absolute atomic E-state index is 0.145. The van der Waals surface area contributed by atoms with Crippen LogP contribution in [0.25, 0.3) is 0 Å². The van der Waals surface area contributed by atoms with Crippen LogP contribution in [-0.4, -0.2) is 16.5 Å². The lowest BCUT2D eigenvalue weighted by molar-refractivity contribution is 0.233. The van der Waals surface area contributed by atoms with Crippen molar-refractivity contribution in [2.45, 2.75) is 39.0 Å². The smallest absolute Gasteiger partial charge is 0.271 e. The number of anilines is 1. The van der Waals surface area contributed by atoms with Gasteiger partial charge in [-0.2, -0.15) is 0 Å². The van der Waals surface area contributed by atoms with Crippen molar-refractivity contribution in [2.24, 2.45) is 5.41 Å². The van der Waals surface area contributed by atoms with Gasteiger partial charge in [-0.1, -0.05) is 37.8 Å². The van der Waals surface area contributed by atoms with Gasteiger partial charge in [0, 0.05) is 6.54 Å². The van der Waals surface area contributed by atoms with Crippen molar-refractivity contribution in [3.8, 4) is 0 Å². The Morgan fingerprint density at radius 3 is 2.88 bits per heavy atom. The van der Waals surface area contributed by atoms with E-state index >= 15 is 0 Å². The molecule has 17 heavy (non-hydrogen) atoms. The summed E-state index contributed by atoms with van der Waals surface area (Å²) in [4.78, 5) is 17.8. The van der Waals surface area contributed by atoms with E-state index in [1.807, 2.05) is 0 Å². The second kappa shape index (κ2) is 5.08. The van der Waals surface area contributed by atoms with Crippen LogP contribution in [-0.2, 0) is 0 Å². The lowest BCUT2D eigenvalue weighted by Gasteiger charge is -2.33. The first-order chi connectivity index (χ1) is 8.11. The number of H-pyrrole nitrogens is 1. The lowest BCUT2D eigenvalue weighted by atomic mass is 9.76. The molecule has 1 saturated carbocycles. The number of rotatable bonds is 3. The minimum atomic E-state index is -0.294. The van der Waals surface area contributed by atoms with Gasteiger partial charge < -0.3 is 10.3 Å². The molecule has 2 N–H and O–H groups in total. The maximum atomic E-state index is 11.3. The lowest BCUT2D eigenvalue weighted by Crippen LogP contribution is -2.29. The third-order valence-electron chi connectivity index (χ3n) is 3.54. The van der Waals surface area contributed by atoms with E-state index in [1.165, 1.54) is 38.4 Å². The highest BCUT2D eigenvalue weighted by molar-refractivity contribution is 6.32. The Morgan fingerprint density at radius 2 is 2.18 bits per heavy atom. The second-order valence-electron chi connectivity index (χ2n) is 5.12. The van der Waals surface area contributed by atoms with E-state index < -0.39 is 0 Å². The third-order valence-corrected chi connectivity index (χ3v) is 3.89. The number of aromatic amines is 1. The SMILES string of the molecule is CC1(CNc2nc[nH]c(=O)c2Cl)CCCCC1. The molecule has 0 aromatic carbocycles. The molecule has 0 amide bonds. The summed E-state index contributed by atoms with van der Waals surface area (Å²) in [6.45, 7) is 3.10. The molecule has 0 saturated heterocycles. The molecule has 1 aromatic rings. The number of nitrogens with one attached hydrogen (secondary N) is 2. The maximum Gasteiger partial charge on any atom is 0.271 e. The van der Waals surface area contributed by atoms with E-state index in [0.717, 1.165) is 6.54 Å². The Hall–Kier alpha value is -1.03. The first-order valence-corrected chi connectivity index (χ1v) is 6.46. The molecule has 5 heteroatoms. The molecule has 4 nitrogen and oxygen atoms in total. The van der Waals surface area contributed by atoms with Crippen LogP contribution >= 0.6 is 11.6 Å². The number of hydrogen-bond donors (Lipinski definition) is 2. The van der Waals surface area contributed by atoms with E-state index in [2.05, 4.69) is 22.2 Å². The Morgan fingerprint density at radius 1 is 1.47 bits per heavy atom. The van der Waals surface area contributed by atoms with Crippen molar-refractivity contribution in [3.63, 3.8) is 0 Å². The molecule has 0 bridgehead atoms. The molecule has 1 aliphatic rings. The van der Waals surface area contributed by atoms with Crippen LogP contribution in [0.5, 0.6) is 0 Å². The molecule has 0 radical (unpaired) electrons. The summed E-state index contributed by atoms with van der Waals surface area (Å²) in [6.07, 6.45) is 7.73. The Kier molecular flexibility index (Phi) is 3.72. The molecular formula is C12H18ClN3O. The molecule has 1 fully saturated rings. The molecule has 1 heterocycles. The highest BCUT2D eigenvalue weighted by Gasteiger charge is 2.26. The molecule has 94 valence electrons. The molecule has 0 unspecified atom stereocenters. The Labute approximate surface area is 106 Å². The van der Waals surface area contributed by atoms with Crippen molar-refractivity contribution >= 4 is 17.4 Å². The zero-order valence-corrected chi connectivity index (χ0v) is 10.8. The van der Waals surface area contributed by atoms with Crippen LogP contribution in [0.2, 0.25) is 5.02 Å². The van der Waals surface area contributed by atoms with Crippen LogP contribution in [0.1, 0.15) is 39.0 Å². The van der Waals surface area contributed by atoms with E-state index in [9.17, 15) is 4.79 Å². The van der Waals surface area contributed by atoms with E-state index in [0.29, 0.717) is 11.2 Å². The standard InChI is InChI=1S/C12H18ClN3O/c1-12(5-3-2-4-6-12)7-14-10-9(13)11(17)16-8-15-10/h8H,2-7H2,1H3,(H2,14,15,16,17). The van der Waals surface area contributed by atoms with Gasteiger partial charge in [0.15, 0.2) is 5.82 Å². The van der Waals surface area contributed by atoms with Crippen molar-refractivity contribution in [1.29, 1.82) is 0 Å². The van der Waals surface area contributed by atoms with Crippen LogP contribution in [0.4, 0.5) is 5.82 Å². The number of aromatic nitrogens is 2. The zero-order chi connectivity index (χ0) is 12.3. The normalized spacial score (nSPS) is 18.9. The maximum absolute atomic E-state index is 11.3. The fraction of sp³-hybridized carbons (Fsp3) is 0.667. The van der Waals surface area contributed by atoms with Gasteiger partial charge in [-0.25, -0.2) is 4.98 Å². The van der Waals surface area contributed by atoms with Gasteiger partial charge >= 0.3 is 0 Å². The quantitative estimate of drug-likeness (QED) is 0.873. The molecule has 1 aromatic heterocycles. The van der Waals surface area contributed by atoms with Gasteiger partial charge in [0.1, 0.15) is 5.02 Å². The molecule has 0 aliphatic heterocycles. The monoisotopic (exact) mass is 255 g/mol. The predicted octanol–water partition coefficient (Wildman–Crippen LogP) is 2.81. The number of halogens is 1. The highest BCUT2D eigenvalue weighted by Crippen LogP contribution is 2.35. The zero-order valence-electron chi connectivity index (χ0n) is 10.1. The summed E-state index contributed by atoms with van der Waals surface area (Å²) >= 11 is 5.89. The van der Waals surface area contributed by atoms with Crippen molar-refractivity contribution in [2.75, 3.05) is 11.9 Å². The Bertz CT molecular complexity index is 438.